The van der Waals surface area contributed by atoms with Crippen molar-refractivity contribution >= 4 is 21.4 Å². The Morgan fingerprint density at radius 3 is 2.54 bits per heavy atom. The summed E-state index contributed by atoms with van der Waals surface area (Å²) in [5.74, 6) is 1.20. The predicted octanol–water partition coefficient (Wildman–Crippen LogP) is 5.52. The molecule has 3 aromatic heterocycles. The van der Waals surface area contributed by atoms with Gasteiger partial charge in [-0.3, -0.25) is 0 Å². The first kappa shape index (κ1) is 18.7. The monoisotopic (exact) mass is 417 g/mol. The van der Waals surface area contributed by atoms with E-state index in [-0.39, 0.29) is 0 Å². The van der Waals surface area contributed by atoms with Gasteiger partial charge in [-0.1, -0.05) is 42.6 Å². The topological polar surface area (TPSA) is 48.7 Å². The largest absolute Gasteiger partial charge is 0.478 e. The summed E-state index contributed by atoms with van der Waals surface area (Å²) in [4.78, 5) is 4.61. The fourth-order valence-corrected chi connectivity index (χ4v) is 2.95. The van der Waals surface area contributed by atoms with Gasteiger partial charge in [-0.05, 0) is 31.0 Å². The molecule has 0 radical (unpaired) electrons. The van der Waals surface area contributed by atoms with Crippen LogP contribution in [0.4, 0.5) is 0 Å². The first-order valence-electron chi connectivity index (χ1n) is 9.12. The Bertz CT molecular complexity index is 863. The van der Waals surface area contributed by atoms with E-state index in [2.05, 4.69) is 39.9 Å². The van der Waals surface area contributed by atoms with Crippen LogP contribution in [0.2, 0.25) is 0 Å². The van der Waals surface area contributed by atoms with E-state index in [1.54, 1.807) is 0 Å². The predicted molar refractivity (Wildman–Crippen MR) is 107 cm³/mol. The van der Waals surface area contributed by atoms with Gasteiger partial charge in [0, 0.05) is 27.9 Å². The normalized spacial score (nSPS) is 11.0. The maximum atomic E-state index is 5.99. The van der Waals surface area contributed by atoms with Gasteiger partial charge >= 0.3 is 0 Å². The molecule has 0 spiro atoms. The molecule has 0 N–H and O–H groups in total. The van der Waals surface area contributed by atoms with Crippen molar-refractivity contribution in [1.29, 1.82) is 0 Å². The van der Waals surface area contributed by atoms with Gasteiger partial charge in [-0.25, -0.2) is 4.52 Å². The molecule has 0 bridgehead atoms. The second-order valence-corrected chi connectivity index (χ2v) is 7.05. The highest BCUT2D eigenvalue weighted by Gasteiger charge is 2.15. The van der Waals surface area contributed by atoms with Crippen molar-refractivity contribution in [2.24, 2.45) is 0 Å². The minimum absolute atomic E-state index is 0.599. The average Bonchev–Trinajstić information content (AvgIpc) is 3.05. The van der Waals surface area contributed by atoms with Crippen molar-refractivity contribution < 1.29 is 9.47 Å². The van der Waals surface area contributed by atoms with Crippen molar-refractivity contribution in [3.8, 4) is 22.9 Å². The van der Waals surface area contributed by atoms with Crippen molar-refractivity contribution in [2.45, 2.75) is 39.5 Å². The number of rotatable bonds is 9. The van der Waals surface area contributed by atoms with Crippen LogP contribution < -0.4 is 9.47 Å². The quantitative estimate of drug-likeness (QED) is 0.430. The van der Waals surface area contributed by atoms with Gasteiger partial charge in [0.15, 0.2) is 0 Å². The summed E-state index contributed by atoms with van der Waals surface area (Å²) in [5.41, 5.74) is 2.92. The average molecular weight is 418 g/mol. The molecule has 0 aliphatic rings. The van der Waals surface area contributed by atoms with Crippen LogP contribution in [-0.2, 0) is 0 Å². The van der Waals surface area contributed by atoms with E-state index in [0.29, 0.717) is 25.0 Å². The Morgan fingerprint density at radius 2 is 1.77 bits per heavy atom. The molecule has 6 heteroatoms. The molecule has 0 saturated heterocycles. The number of ether oxygens (including phenoxy) is 2. The number of aromatic nitrogens is 3. The SMILES string of the molecule is CCCCOc1ccc(-c2cnn3ccc(Br)cc23)c(OCCCC)n1. The number of fused-ring (bicyclic) bond motifs is 1. The van der Waals surface area contributed by atoms with Crippen molar-refractivity contribution in [1.82, 2.24) is 14.6 Å². The van der Waals surface area contributed by atoms with Crippen LogP contribution in [0.3, 0.4) is 0 Å². The van der Waals surface area contributed by atoms with Gasteiger partial charge in [0.25, 0.3) is 0 Å². The lowest BCUT2D eigenvalue weighted by atomic mass is 10.1. The van der Waals surface area contributed by atoms with Gasteiger partial charge in [0.2, 0.25) is 11.8 Å². The summed E-state index contributed by atoms with van der Waals surface area (Å²) in [6, 6.07) is 7.92. The third kappa shape index (κ3) is 4.36. The molecule has 0 atom stereocenters. The molecule has 3 aromatic rings. The fraction of sp³-hybridized carbons (Fsp3) is 0.400. The second kappa shape index (κ2) is 9.03. The zero-order chi connectivity index (χ0) is 18.4. The van der Waals surface area contributed by atoms with Crippen LogP contribution in [-0.4, -0.2) is 27.8 Å². The molecular formula is C20H24BrN3O2. The maximum absolute atomic E-state index is 5.99. The van der Waals surface area contributed by atoms with Crippen molar-refractivity contribution in [2.75, 3.05) is 13.2 Å². The van der Waals surface area contributed by atoms with Gasteiger partial charge in [0.1, 0.15) is 0 Å². The lowest BCUT2D eigenvalue weighted by Crippen LogP contribution is -2.03. The Kier molecular flexibility index (Phi) is 6.50. The number of unbranched alkanes of at least 4 members (excludes halogenated alkanes) is 2. The van der Waals surface area contributed by atoms with Crippen LogP contribution in [0.15, 0.2) is 41.1 Å². The molecule has 0 aromatic carbocycles. The Labute approximate surface area is 162 Å². The number of halogens is 1. The van der Waals surface area contributed by atoms with Gasteiger partial charge < -0.3 is 9.47 Å². The van der Waals surface area contributed by atoms with E-state index in [1.165, 1.54) is 0 Å². The molecule has 3 heterocycles. The van der Waals surface area contributed by atoms with Gasteiger partial charge in [-0.15, -0.1) is 0 Å². The highest BCUT2D eigenvalue weighted by atomic mass is 79.9. The summed E-state index contributed by atoms with van der Waals surface area (Å²) in [5, 5.41) is 4.44. The van der Waals surface area contributed by atoms with E-state index in [1.807, 2.05) is 41.2 Å². The fourth-order valence-electron chi connectivity index (χ4n) is 2.62. The van der Waals surface area contributed by atoms with E-state index >= 15 is 0 Å². The number of nitrogens with zero attached hydrogens (tertiary/aromatic N) is 3. The molecule has 0 aliphatic heterocycles. The molecule has 138 valence electrons. The zero-order valence-electron chi connectivity index (χ0n) is 15.2. The minimum atomic E-state index is 0.599. The summed E-state index contributed by atoms with van der Waals surface area (Å²) < 4.78 is 14.6. The minimum Gasteiger partial charge on any atom is -0.478 e. The highest BCUT2D eigenvalue weighted by Crippen LogP contribution is 2.34. The van der Waals surface area contributed by atoms with E-state index in [4.69, 9.17) is 9.47 Å². The summed E-state index contributed by atoms with van der Waals surface area (Å²) in [6.45, 7) is 5.59. The number of hydrogen-bond acceptors (Lipinski definition) is 4. The van der Waals surface area contributed by atoms with Gasteiger partial charge in [-0.2, -0.15) is 10.1 Å². The zero-order valence-corrected chi connectivity index (χ0v) is 16.8. The second-order valence-electron chi connectivity index (χ2n) is 6.14. The molecule has 0 fully saturated rings. The van der Waals surface area contributed by atoms with Crippen LogP contribution in [0, 0.1) is 0 Å². The van der Waals surface area contributed by atoms with Crippen molar-refractivity contribution in [3.63, 3.8) is 0 Å². The number of pyridine rings is 2. The molecule has 5 nitrogen and oxygen atoms in total. The van der Waals surface area contributed by atoms with Crippen molar-refractivity contribution in [3.05, 3.63) is 41.1 Å². The lowest BCUT2D eigenvalue weighted by molar-refractivity contribution is 0.274. The molecule has 3 rings (SSSR count). The molecule has 0 unspecified atom stereocenters. The summed E-state index contributed by atoms with van der Waals surface area (Å²) in [6.07, 6.45) is 7.94. The highest BCUT2D eigenvalue weighted by molar-refractivity contribution is 9.10. The van der Waals surface area contributed by atoms with Crippen LogP contribution in [0.1, 0.15) is 39.5 Å². The molecule has 0 aliphatic carbocycles. The summed E-state index contributed by atoms with van der Waals surface area (Å²) in [7, 11) is 0. The molecule has 26 heavy (non-hydrogen) atoms. The smallest absolute Gasteiger partial charge is 0.224 e. The Morgan fingerprint density at radius 1 is 1.00 bits per heavy atom. The molecule has 0 saturated carbocycles. The van der Waals surface area contributed by atoms with Crippen LogP contribution >= 0.6 is 15.9 Å². The third-order valence-corrected chi connectivity index (χ3v) is 4.59. The Hall–Kier alpha value is -2.08. The molecular weight excluding hydrogens is 394 g/mol. The van der Waals surface area contributed by atoms with E-state index < -0.39 is 0 Å². The third-order valence-electron chi connectivity index (χ3n) is 4.09. The van der Waals surface area contributed by atoms with Crippen LogP contribution in [0.5, 0.6) is 11.8 Å². The maximum Gasteiger partial charge on any atom is 0.224 e. The lowest BCUT2D eigenvalue weighted by Gasteiger charge is -2.12. The van der Waals surface area contributed by atoms with E-state index in [0.717, 1.165) is 46.8 Å². The Balaban J connectivity index is 1.96. The van der Waals surface area contributed by atoms with Crippen LogP contribution in [0.25, 0.3) is 16.6 Å². The first-order valence-corrected chi connectivity index (χ1v) is 9.92. The first-order chi connectivity index (χ1) is 12.7. The van der Waals surface area contributed by atoms with E-state index in [9.17, 15) is 0 Å². The number of hydrogen-bond donors (Lipinski definition) is 0. The van der Waals surface area contributed by atoms with Gasteiger partial charge in [0.05, 0.1) is 24.9 Å². The summed E-state index contributed by atoms with van der Waals surface area (Å²) >= 11 is 3.53. The standard InChI is InChI=1S/C20H24BrN3O2/c1-3-5-11-25-19-8-7-16(20(23-19)26-12-6-4-2)17-14-22-24-10-9-15(21)13-18(17)24/h7-10,13-14H,3-6,11-12H2,1-2H3. The molecule has 0 amide bonds.